The molecular formula is C13H23N5S. The molecule has 5 nitrogen and oxygen atoms in total. The maximum Gasteiger partial charge on any atom is 0.191 e. The van der Waals surface area contributed by atoms with Gasteiger partial charge in [0, 0.05) is 18.7 Å². The number of piperidine rings is 1. The van der Waals surface area contributed by atoms with Crippen LogP contribution in [-0.2, 0) is 0 Å². The highest BCUT2D eigenvalue weighted by molar-refractivity contribution is 7.98. The van der Waals surface area contributed by atoms with Gasteiger partial charge in [-0.3, -0.25) is 0 Å². The Kier molecular flexibility index (Phi) is 4.52. The quantitative estimate of drug-likeness (QED) is 0.384. The zero-order chi connectivity index (χ0) is 14.0. The van der Waals surface area contributed by atoms with Crippen molar-refractivity contribution in [1.29, 1.82) is 0 Å². The van der Waals surface area contributed by atoms with Crippen LogP contribution >= 0.6 is 11.8 Å². The van der Waals surface area contributed by atoms with Gasteiger partial charge in [-0.15, -0.1) is 0 Å². The molecule has 3 atom stereocenters. The smallest absolute Gasteiger partial charge is 0.191 e. The van der Waals surface area contributed by atoms with E-state index >= 15 is 0 Å². The third kappa shape index (κ3) is 3.12. The number of nitrogen functional groups attached to an aromatic ring is 1. The molecular weight excluding hydrogens is 258 g/mol. The van der Waals surface area contributed by atoms with Gasteiger partial charge >= 0.3 is 0 Å². The molecule has 1 aromatic heterocycles. The standard InChI is InChI=1S/C13H23N5S/c1-8-5-9(2)10(3)18(7-8)12-6-11(17-14)15-13(16-12)19-4/h6,8-10H,5,7,14H2,1-4H3,(H,15,16,17). The molecule has 1 saturated heterocycles. The molecule has 0 amide bonds. The summed E-state index contributed by atoms with van der Waals surface area (Å²) >= 11 is 1.53. The van der Waals surface area contributed by atoms with Gasteiger partial charge in [0.1, 0.15) is 11.6 Å². The Morgan fingerprint density at radius 2 is 2.11 bits per heavy atom. The second kappa shape index (κ2) is 5.96. The van der Waals surface area contributed by atoms with E-state index < -0.39 is 0 Å². The fourth-order valence-electron chi connectivity index (χ4n) is 2.74. The van der Waals surface area contributed by atoms with E-state index in [1.54, 1.807) is 0 Å². The maximum absolute atomic E-state index is 5.49. The summed E-state index contributed by atoms with van der Waals surface area (Å²) in [4.78, 5) is 11.3. The van der Waals surface area contributed by atoms with Crippen LogP contribution in [0.15, 0.2) is 11.2 Å². The third-order valence-corrected chi connectivity index (χ3v) is 4.46. The van der Waals surface area contributed by atoms with Crippen molar-refractivity contribution in [3.05, 3.63) is 6.07 Å². The molecule has 106 valence electrons. The van der Waals surface area contributed by atoms with E-state index in [-0.39, 0.29) is 0 Å². The van der Waals surface area contributed by atoms with Gasteiger partial charge in [-0.2, -0.15) is 0 Å². The predicted molar refractivity (Wildman–Crippen MR) is 81.4 cm³/mol. The monoisotopic (exact) mass is 281 g/mol. The first-order chi connectivity index (χ1) is 9.05. The molecule has 1 aliphatic heterocycles. The largest absolute Gasteiger partial charge is 0.353 e. The van der Waals surface area contributed by atoms with Gasteiger partial charge < -0.3 is 10.3 Å². The summed E-state index contributed by atoms with van der Waals surface area (Å²) in [6.45, 7) is 7.92. The van der Waals surface area contributed by atoms with Gasteiger partial charge in [-0.25, -0.2) is 15.8 Å². The predicted octanol–water partition coefficient (Wildman–Crippen LogP) is 2.35. The number of hydrogen-bond donors (Lipinski definition) is 2. The van der Waals surface area contributed by atoms with E-state index in [1.807, 2.05) is 12.3 Å². The van der Waals surface area contributed by atoms with Crippen molar-refractivity contribution in [1.82, 2.24) is 9.97 Å². The summed E-state index contributed by atoms with van der Waals surface area (Å²) in [5, 5.41) is 0.753. The van der Waals surface area contributed by atoms with Crippen molar-refractivity contribution < 1.29 is 0 Å². The zero-order valence-corrected chi connectivity index (χ0v) is 12.9. The Bertz CT molecular complexity index is 417. The molecule has 0 radical (unpaired) electrons. The van der Waals surface area contributed by atoms with Gasteiger partial charge in [-0.05, 0) is 31.4 Å². The zero-order valence-electron chi connectivity index (χ0n) is 12.1. The number of nitrogens with one attached hydrogen (secondary N) is 1. The van der Waals surface area contributed by atoms with Crippen molar-refractivity contribution in [3.8, 4) is 0 Å². The number of hydrazine groups is 1. The van der Waals surface area contributed by atoms with Crippen LogP contribution in [0.5, 0.6) is 0 Å². The Labute approximate surface area is 119 Å². The van der Waals surface area contributed by atoms with Crippen molar-refractivity contribution in [2.24, 2.45) is 17.7 Å². The molecule has 3 N–H and O–H groups in total. The average molecular weight is 281 g/mol. The van der Waals surface area contributed by atoms with Crippen LogP contribution in [0.1, 0.15) is 27.2 Å². The minimum atomic E-state index is 0.492. The Morgan fingerprint density at radius 3 is 2.74 bits per heavy atom. The van der Waals surface area contributed by atoms with Gasteiger partial charge in [0.25, 0.3) is 0 Å². The normalized spacial score (nSPS) is 27.4. The number of thioether (sulfide) groups is 1. The summed E-state index contributed by atoms with van der Waals surface area (Å²) in [6, 6.07) is 2.42. The molecule has 2 heterocycles. The summed E-state index contributed by atoms with van der Waals surface area (Å²) in [7, 11) is 0. The molecule has 0 saturated carbocycles. The van der Waals surface area contributed by atoms with E-state index in [4.69, 9.17) is 5.84 Å². The summed E-state index contributed by atoms with van der Waals surface area (Å²) in [6.07, 6.45) is 3.25. The highest BCUT2D eigenvalue weighted by atomic mass is 32.2. The summed E-state index contributed by atoms with van der Waals surface area (Å²) < 4.78 is 0. The Hall–Kier alpha value is -1.01. The molecule has 1 aliphatic rings. The molecule has 19 heavy (non-hydrogen) atoms. The van der Waals surface area contributed by atoms with Crippen LogP contribution in [0.2, 0.25) is 0 Å². The Morgan fingerprint density at radius 1 is 1.37 bits per heavy atom. The van der Waals surface area contributed by atoms with Gasteiger partial charge in [-0.1, -0.05) is 25.6 Å². The highest BCUT2D eigenvalue weighted by Gasteiger charge is 2.30. The van der Waals surface area contributed by atoms with E-state index in [0.717, 1.165) is 17.5 Å². The maximum atomic E-state index is 5.49. The van der Waals surface area contributed by atoms with Crippen LogP contribution in [-0.4, -0.2) is 28.8 Å². The first-order valence-electron chi connectivity index (χ1n) is 6.71. The Balaban J connectivity index is 2.33. The molecule has 3 unspecified atom stereocenters. The lowest BCUT2D eigenvalue weighted by atomic mass is 9.86. The molecule has 2 rings (SSSR count). The number of nitrogens with zero attached hydrogens (tertiary/aromatic N) is 3. The number of rotatable bonds is 3. The molecule has 6 heteroatoms. The first-order valence-corrected chi connectivity index (χ1v) is 7.94. The minimum Gasteiger partial charge on any atom is -0.353 e. The van der Waals surface area contributed by atoms with Crippen molar-refractivity contribution in [2.75, 3.05) is 23.1 Å². The van der Waals surface area contributed by atoms with Crippen molar-refractivity contribution in [2.45, 2.75) is 38.4 Å². The van der Waals surface area contributed by atoms with Crippen LogP contribution in [0.25, 0.3) is 0 Å². The van der Waals surface area contributed by atoms with E-state index in [1.165, 1.54) is 18.2 Å². The third-order valence-electron chi connectivity index (χ3n) is 3.91. The lowest BCUT2D eigenvalue weighted by Crippen LogP contribution is -2.46. The number of nitrogens with two attached hydrogens (primary N) is 1. The average Bonchev–Trinajstić information content (AvgIpc) is 2.42. The molecule has 0 aromatic carbocycles. The minimum absolute atomic E-state index is 0.492. The SMILES string of the molecule is CSc1nc(NN)cc(N2CC(C)CC(C)C2C)n1. The molecule has 0 aliphatic carbocycles. The van der Waals surface area contributed by atoms with Gasteiger partial charge in [0.15, 0.2) is 5.16 Å². The second-order valence-electron chi connectivity index (χ2n) is 5.45. The molecule has 1 fully saturated rings. The lowest BCUT2D eigenvalue weighted by molar-refractivity contribution is 0.295. The topological polar surface area (TPSA) is 67.1 Å². The molecule has 0 bridgehead atoms. The number of anilines is 2. The van der Waals surface area contributed by atoms with Crippen LogP contribution < -0.4 is 16.2 Å². The molecule has 1 aromatic rings. The van der Waals surface area contributed by atoms with Crippen molar-refractivity contribution >= 4 is 23.4 Å². The molecule has 0 spiro atoms. The fourth-order valence-corrected chi connectivity index (χ4v) is 3.12. The van der Waals surface area contributed by atoms with Crippen LogP contribution in [0, 0.1) is 11.8 Å². The lowest BCUT2D eigenvalue weighted by Gasteiger charge is -2.42. The first kappa shape index (κ1) is 14.4. The van der Waals surface area contributed by atoms with Crippen LogP contribution in [0.4, 0.5) is 11.6 Å². The fraction of sp³-hybridized carbons (Fsp3) is 0.692. The summed E-state index contributed by atoms with van der Waals surface area (Å²) in [5.74, 6) is 8.50. The van der Waals surface area contributed by atoms with E-state index in [0.29, 0.717) is 23.7 Å². The van der Waals surface area contributed by atoms with Crippen LogP contribution in [0.3, 0.4) is 0 Å². The number of aromatic nitrogens is 2. The summed E-state index contributed by atoms with van der Waals surface area (Å²) in [5.41, 5.74) is 2.63. The van der Waals surface area contributed by atoms with E-state index in [2.05, 4.69) is 41.1 Å². The van der Waals surface area contributed by atoms with Gasteiger partial charge in [0.05, 0.1) is 0 Å². The van der Waals surface area contributed by atoms with Crippen molar-refractivity contribution in [3.63, 3.8) is 0 Å². The van der Waals surface area contributed by atoms with E-state index in [9.17, 15) is 0 Å². The highest BCUT2D eigenvalue weighted by Crippen LogP contribution is 2.31. The second-order valence-corrected chi connectivity index (χ2v) is 6.23. The number of hydrogen-bond acceptors (Lipinski definition) is 6. The van der Waals surface area contributed by atoms with Gasteiger partial charge in [0.2, 0.25) is 0 Å².